The van der Waals surface area contributed by atoms with Gasteiger partial charge in [-0.3, -0.25) is 9.36 Å². The van der Waals surface area contributed by atoms with E-state index in [1.165, 1.54) is 18.0 Å². The largest absolute Gasteiger partial charge is 0.496 e. The number of hydrazone groups is 1. The molecule has 3 aromatic carbocycles. The molecule has 0 bridgehead atoms. The van der Waals surface area contributed by atoms with Crippen LogP contribution in [0.25, 0.3) is 17.1 Å². The van der Waals surface area contributed by atoms with Crippen LogP contribution < -0.4 is 19.6 Å². The maximum atomic E-state index is 12.6. The van der Waals surface area contributed by atoms with Gasteiger partial charge in [0, 0.05) is 22.9 Å². The molecule has 4 rings (SSSR count). The fraction of sp³-hybridized carbons (Fsp3) is 0.185. The fourth-order valence-corrected chi connectivity index (χ4v) is 4.30. The van der Waals surface area contributed by atoms with Crippen molar-refractivity contribution in [3.63, 3.8) is 0 Å². The summed E-state index contributed by atoms with van der Waals surface area (Å²) in [6.07, 6.45) is 1.49. The third-order valence-electron chi connectivity index (χ3n) is 5.42. The van der Waals surface area contributed by atoms with Crippen LogP contribution in [0.1, 0.15) is 11.1 Å². The number of nitrogens with zero attached hydrogens (tertiary/aromatic N) is 4. The van der Waals surface area contributed by atoms with Gasteiger partial charge in [0.2, 0.25) is 0 Å². The Balaban J connectivity index is 1.49. The molecule has 0 unspecified atom stereocenters. The van der Waals surface area contributed by atoms with Crippen LogP contribution in [0, 0.1) is 6.92 Å². The molecule has 10 heteroatoms. The lowest BCUT2D eigenvalue weighted by atomic mass is 10.2. The number of carbonyl (C=O) groups is 1. The molecule has 1 amide bonds. The third kappa shape index (κ3) is 6.10. The number of hydrogen-bond acceptors (Lipinski definition) is 8. The number of aryl methyl sites for hydroxylation is 1. The highest BCUT2D eigenvalue weighted by Gasteiger charge is 2.17. The maximum Gasteiger partial charge on any atom is 0.250 e. The highest BCUT2D eigenvalue weighted by Crippen LogP contribution is 2.33. The number of methoxy groups -OCH3 is 3. The van der Waals surface area contributed by atoms with Crippen LogP contribution in [0.15, 0.2) is 77.0 Å². The van der Waals surface area contributed by atoms with Crippen molar-refractivity contribution in [1.29, 1.82) is 0 Å². The molecule has 1 aromatic heterocycles. The second-order valence-corrected chi connectivity index (χ2v) is 8.82. The van der Waals surface area contributed by atoms with Crippen LogP contribution in [0.2, 0.25) is 0 Å². The lowest BCUT2D eigenvalue weighted by Crippen LogP contribution is -2.20. The first-order valence-corrected chi connectivity index (χ1v) is 12.3. The van der Waals surface area contributed by atoms with E-state index in [4.69, 9.17) is 14.2 Å². The summed E-state index contributed by atoms with van der Waals surface area (Å²) < 4.78 is 18.0. The zero-order valence-electron chi connectivity index (χ0n) is 21.0. The number of aromatic nitrogens is 3. The Morgan fingerprint density at radius 3 is 2.30 bits per heavy atom. The number of nitrogens with one attached hydrogen (secondary N) is 1. The van der Waals surface area contributed by atoms with Crippen LogP contribution >= 0.6 is 11.8 Å². The summed E-state index contributed by atoms with van der Waals surface area (Å²) in [6, 6.07) is 21.3. The topological polar surface area (TPSA) is 99.9 Å². The van der Waals surface area contributed by atoms with Crippen molar-refractivity contribution in [2.24, 2.45) is 5.10 Å². The Bertz CT molecular complexity index is 1390. The van der Waals surface area contributed by atoms with Gasteiger partial charge in [-0.2, -0.15) is 5.10 Å². The molecular formula is C27H27N5O4S. The molecule has 0 spiro atoms. The minimum Gasteiger partial charge on any atom is -0.496 e. The van der Waals surface area contributed by atoms with Gasteiger partial charge in [-0.05, 0) is 25.1 Å². The molecule has 0 saturated heterocycles. The summed E-state index contributed by atoms with van der Waals surface area (Å²) in [4.78, 5) is 12.6. The van der Waals surface area contributed by atoms with E-state index in [1.54, 1.807) is 33.5 Å². The number of amides is 1. The van der Waals surface area contributed by atoms with Crippen molar-refractivity contribution in [1.82, 2.24) is 20.2 Å². The van der Waals surface area contributed by atoms with Crippen molar-refractivity contribution in [3.8, 4) is 34.3 Å². The molecule has 0 aliphatic carbocycles. The van der Waals surface area contributed by atoms with E-state index < -0.39 is 0 Å². The predicted octanol–water partition coefficient (Wildman–Crippen LogP) is 4.51. The second-order valence-electron chi connectivity index (χ2n) is 7.87. The minimum atomic E-state index is -0.291. The van der Waals surface area contributed by atoms with Crippen molar-refractivity contribution in [2.75, 3.05) is 27.1 Å². The van der Waals surface area contributed by atoms with Crippen molar-refractivity contribution < 1.29 is 19.0 Å². The molecule has 4 aromatic rings. The predicted molar refractivity (Wildman–Crippen MR) is 144 cm³/mol. The molecule has 0 saturated carbocycles. The zero-order chi connectivity index (χ0) is 26.2. The fourth-order valence-electron chi connectivity index (χ4n) is 3.55. The molecule has 0 atom stereocenters. The van der Waals surface area contributed by atoms with Crippen LogP contribution in [0.5, 0.6) is 17.2 Å². The van der Waals surface area contributed by atoms with Crippen LogP contribution in [0.3, 0.4) is 0 Å². The smallest absolute Gasteiger partial charge is 0.250 e. The summed E-state index contributed by atoms with van der Waals surface area (Å²) in [5.74, 6) is 2.09. The van der Waals surface area contributed by atoms with E-state index in [0.29, 0.717) is 33.8 Å². The Morgan fingerprint density at radius 2 is 1.62 bits per heavy atom. The van der Waals surface area contributed by atoms with Gasteiger partial charge in [0.15, 0.2) is 22.5 Å². The van der Waals surface area contributed by atoms with Crippen molar-refractivity contribution >= 4 is 23.9 Å². The summed E-state index contributed by atoms with van der Waals surface area (Å²) in [5.41, 5.74) is 6.17. The highest BCUT2D eigenvalue weighted by molar-refractivity contribution is 7.99. The summed E-state index contributed by atoms with van der Waals surface area (Å²) in [7, 11) is 4.63. The van der Waals surface area contributed by atoms with Gasteiger partial charge in [-0.25, -0.2) is 5.43 Å². The quantitative estimate of drug-likeness (QED) is 0.188. The van der Waals surface area contributed by atoms with E-state index in [1.807, 2.05) is 66.1 Å². The molecule has 9 nitrogen and oxygen atoms in total. The molecule has 190 valence electrons. The second kappa shape index (κ2) is 12.1. The molecule has 0 aliphatic rings. The first kappa shape index (κ1) is 25.8. The molecular weight excluding hydrogens is 490 g/mol. The standard InChI is InChI=1S/C27H27N5O4S/c1-18-10-12-21(13-11-18)32-26(19-8-6-5-7-9-19)30-31-27(32)37-17-25(33)29-28-16-20-14-23(35-3)24(36-4)15-22(20)34-2/h5-16H,17H2,1-4H3,(H,29,33). The number of thioether (sulfide) groups is 1. The average Bonchev–Trinajstić information content (AvgIpc) is 3.36. The molecule has 37 heavy (non-hydrogen) atoms. The first-order chi connectivity index (χ1) is 18.0. The molecule has 0 aliphatic heterocycles. The Kier molecular flexibility index (Phi) is 8.42. The van der Waals surface area contributed by atoms with Gasteiger partial charge in [-0.15, -0.1) is 10.2 Å². The van der Waals surface area contributed by atoms with Crippen LogP contribution in [-0.2, 0) is 4.79 Å². The van der Waals surface area contributed by atoms with Crippen molar-refractivity contribution in [2.45, 2.75) is 12.1 Å². The summed E-state index contributed by atoms with van der Waals surface area (Å²) in [5, 5.41) is 13.5. The highest BCUT2D eigenvalue weighted by atomic mass is 32.2. The molecule has 0 radical (unpaired) electrons. The van der Waals surface area contributed by atoms with E-state index in [-0.39, 0.29) is 11.7 Å². The van der Waals surface area contributed by atoms with E-state index >= 15 is 0 Å². The lowest BCUT2D eigenvalue weighted by Gasteiger charge is -2.11. The zero-order valence-corrected chi connectivity index (χ0v) is 21.8. The number of benzene rings is 3. The normalized spacial score (nSPS) is 10.9. The lowest BCUT2D eigenvalue weighted by molar-refractivity contribution is -0.118. The molecule has 0 fully saturated rings. The van der Waals surface area contributed by atoms with Crippen LogP contribution in [0.4, 0.5) is 0 Å². The number of hydrogen-bond donors (Lipinski definition) is 1. The first-order valence-electron chi connectivity index (χ1n) is 11.4. The van der Waals surface area contributed by atoms with Gasteiger partial charge in [0.1, 0.15) is 5.75 Å². The van der Waals surface area contributed by atoms with Gasteiger partial charge in [-0.1, -0.05) is 59.8 Å². The van der Waals surface area contributed by atoms with Gasteiger partial charge in [0.25, 0.3) is 5.91 Å². The van der Waals surface area contributed by atoms with Gasteiger partial charge in [0.05, 0.1) is 33.3 Å². The third-order valence-corrected chi connectivity index (χ3v) is 6.35. The number of ether oxygens (including phenoxy) is 3. The monoisotopic (exact) mass is 517 g/mol. The Morgan fingerprint density at radius 1 is 0.946 bits per heavy atom. The van der Waals surface area contributed by atoms with Crippen molar-refractivity contribution in [3.05, 3.63) is 77.9 Å². The Labute approximate surface area is 219 Å². The van der Waals surface area contributed by atoms with E-state index in [2.05, 4.69) is 20.7 Å². The van der Waals surface area contributed by atoms with Crippen LogP contribution in [-0.4, -0.2) is 54.0 Å². The van der Waals surface area contributed by atoms with Gasteiger partial charge >= 0.3 is 0 Å². The number of rotatable bonds is 10. The average molecular weight is 518 g/mol. The summed E-state index contributed by atoms with van der Waals surface area (Å²) in [6.45, 7) is 2.03. The number of carbonyl (C=O) groups excluding carboxylic acids is 1. The summed E-state index contributed by atoms with van der Waals surface area (Å²) >= 11 is 1.28. The molecule has 1 heterocycles. The minimum absolute atomic E-state index is 0.0964. The maximum absolute atomic E-state index is 12.6. The van der Waals surface area contributed by atoms with E-state index in [9.17, 15) is 4.79 Å². The van der Waals surface area contributed by atoms with Gasteiger partial charge < -0.3 is 14.2 Å². The SMILES string of the molecule is COc1cc(OC)c(OC)cc1C=NNC(=O)CSc1nnc(-c2ccccc2)n1-c1ccc(C)cc1. The van der Waals surface area contributed by atoms with E-state index in [0.717, 1.165) is 16.8 Å². The Hall–Kier alpha value is -4.31. The molecule has 1 N–H and O–H groups in total.